The summed E-state index contributed by atoms with van der Waals surface area (Å²) in [6.07, 6.45) is 0. The number of carbonyl (C=O) groups excluding carboxylic acids is 1. The lowest BCUT2D eigenvalue weighted by Crippen LogP contribution is -2.45. The molecule has 1 amide bonds. The van der Waals surface area contributed by atoms with Crippen molar-refractivity contribution in [2.45, 2.75) is 18.9 Å². The summed E-state index contributed by atoms with van der Waals surface area (Å²) in [4.78, 5) is 10.7. The molecule has 0 aliphatic carbocycles. The van der Waals surface area contributed by atoms with Crippen LogP contribution in [0.25, 0.3) is 0 Å². The van der Waals surface area contributed by atoms with E-state index in [-0.39, 0.29) is 0 Å². The summed E-state index contributed by atoms with van der Waals surface area (Å²) >= 11 is 0. The molecule has 0 spiro atoms. The zero-order chi connectivity index (χ0) is 9.78. The minimum absolute atomic E-state index is 0.664. The van der Waals surface area contributed by atoms with Gasteiger partial charge in [0.2, 0.25) is 5.91 Å². The Bertz CT molecular complexity index is 162. The number of amides is 1. The third-order valence-electron chi connectivity index (χ3n) is 1.17. The van der Waals surface area contributed by atoms with E-state index < -0.39 is 31.0 Å². The van der Waals surface area contributed by atoms with E-state index in [9.17, 15) is 13.6 Å². The van der Waals surface area contributed by atoms with Gasteiger partial charge in [0.15, 0.2) is 0 Å². The Balaban J connectivity index is 3.76. The van der Waals surface area contributed by atoms with Gasteiger partial charge in [-0.3, -0.25) is 4.79 Å². The third kappa shape index (κ3) is 4.20. The quantitative estimate of drug-likeness (QED) is 0.526. The largest absolute Gasteiger partial charge is 0.390 e. The average Bonchev–Trinajstić information content (AvgIpc) is 2.00. The molecule has 0 heterocycles. The maximum atomic E-state index is 12.3. The van der Waals surface area contributed by atoms with Gasteiger partial charge in [-0.15, -0.1) is 0 Å². The van der Waals surface area contributed by atoms with E-state index in [0.717, 1.165) is 0 Å². The molecular formula is C6H12F2N2O2. The van der Waals surface area contributed by atoms with Gasteiger partial charge >= 0.3 is 0 Å². The number of alkyl halides is 2. The topological polar surface area (TPSA) is 75.4 Å². The molecule has 72 valence electrons. The van der Waals surface area contributed by atoms with Crippen LogP contribution in [0.3, 0.4) is 0 Å². The van der Waals surface area contributed by atoms with Gasteiger partial charge in [0.1, 0.15) is 6.61 Å². The van der Waals surface area contributed by atoms with Crippen LogP contribution in [0, 0.1) is 0 Å². The maximum Gasteiger partial charge on any atom is 0.287 e. The SMILES string of the molecule is C[C@@H](N)C(=O)NCC(F)(F)CO. The van der Waals surface area contributed by atoms with Crippen LogP contribution in [0.1, 0.15) is 6.92 Å². The fraction of sp³-hybridized carbons (Fsp3) is 0.833. The van der Waals surface area contributed by atoms with E-state index in [1.165, 1.54) is 6.92 Å². The number of aliphatic hydroxyl groups excluding tert-OH is 1. The zero-order valence-corrected chi connectivity index (χ0v) is 6.68. The highest BCUT2D eigenvalue weighted by molar-refractivity contribution is 5.80. The number of halogens is 2. The molecule has 0 saturated carbocycles. The summed E-state index contributed by atoms with van der Waals surface area (Å²) in [6.45, 7) is -0.789. The van der Waals surface area contributed by atoms with Crippen molar-refractivity contribution >= 4 is 5.91 Å². The Morgan fingerprint density at radius 3 is 2.58 bits per heavy atom. The molecule has 0 aliphatic rings. The highest BCUT2D eigenvalue weighted by Crippen LogP contribution is 2.09. The predicted molar refractivity (Wildman–Crippen MR) is 38.7 cm³/mol. The average molecular weight is 182 g/mol. The molecule has 12 heavy (non-hydrogen) atoms. The molecule has 0 aromatic carbocycles. The molecule has 4 nitrogen and oxygen atoms in total. The van der Waals surface area contributed by atoms with Crippen LogP contribution in [0.15, 0.2) is 0 Å². The first-order valence-corrected chi connectivity index (χ1v) is 3.41. The first-order chi connectivity index (χ1) is 5.39. The predicted octanol–water partition coefficient (Wildman–Crippen LogP) is -0.923. The van der Waals surface area contributed by atoms with Crippen molar-refractivity contribution in [2.75, 3.05) is 13.2 Å². The molecule has 0 unspecified atom stereocenters. The number of rotatable bonds is 4. The molecule has 0 radical (unpaired) electrons. The monoisotopic (exact) mass is 182 g/mol. The number of nitrogens with one attached hydrogen (secondary N) is 1. The van der Waals surface area contributed by atoms with E-state index >= 15 is 0 Å². The van der Waals surface area contributed by atoms with Crippen molar-refractivity contribution in [3.05, 3.63) is 0 Å². The van der Waals surface area contributed by atoms with Gasteiger partial charge in [-0.05, 0) is 6.92 Å². The molecule has 0 fully saturated rings. The molecule has 0 bridgehead atoms. The first-order valence-electron chi connectivity index (χ1n) is 3.41. The minimum Gasteiger partial charge on any atom is -0.390 e. The second-order valence-corrected chi connectivity index (χ2v) is 2.52. The van der Waals surface area contributed by atoms with Crippen LogP contribution in [-0.4, -0.2) is 36.1 Å². The normalized spacial score (nSPS) is 14.1. The fourth-order valence-corrected chi connectivity index (χ4v) is 0.433. The van der Waals surface area contributed by atoms with Crippen molar-refractivity contribution in [2.24, 2.45) is 5.73 Å². The van der Waals surface area contributed by atoms with Gasteiger partial charge in [-0.25, -0.2) is 8.78 Å². The van der Waals surface area contributed by atoms with Crippen molar-refractivity contribution in [1.82, 2.24) is 5.32 Å². The molecule has 0 aliphatic heterocycles. The number of hydrogen-bond donors (Lipinski definition) is 3. The van der Waals surface area contributed by atoms with Gasteiger partial charge in [0, 0.05) is 0 Å². The van der Waals surface area contributed by atoms with Gasteiger partial charge < -0.3 is 16.2 Å². The van der Waals surface area contributed by atoms with Gasteiger partial charge in [0.25, 0.3) is 5.92 Å². The van der Waals surface area contributed by atoms with Crippen LogP contribution < -0.4 is 11.1 Å². The molecule has 0 rings (SSSR count). The van der Waals surface area contributed by atoms with Gasteiger partial charge in [0.05, 0.1) is 12.6 Å². The molecule has 4 N–H and O–H groups in total. The lowest BCUT2D eigenvalue weighted by Gasteiger charge is -2.14. The number of aliphatic hydroxyl groups is 1. The van der Waals surface area contributed by atoms with E-state index in [1.54, 1.807) is 0 Å². The Hall–Kier alpha value is -0.750. The van der Waals surface area contributed by atoms with Crippen molar-refractivity contribution in [3.63, 3.8) is 0 Å². The summed E-state index contributed by atoms with van der Waals surface area (Å²) in [5, 5.41) is 10.0. The Morgan fingerprint density at radius 1 is 1.75 bits per heavy atom. The van der Waals surface area contributed by atoms with Gasteiger partial charge in [-0.2, -0.15) is 0 Å². The van der Waals surface area contributed by atoms with Crippen LogP contribution in [0.5, 0.6) is 0 Å². The Labute approximate surface area is 68.7 Å². The van der Waals surface area contributed by atoms with E-state index in [0.29, 0.717) is 0 Å². The summed E-state index contributed by atoms with van der Waals surface area (Å²) < 4.78 is 24.5. The standard InChI is InChI=1S/C6H12F2N2O2/c1-4(9)5(12)10-2-6(7,8)3-11/h4,11H,2-3,9H2,1H3,(H,10,12)/t4-/m1/s1. The van der Waals surface area contributed by atoms with Crippen molar-refractivity contribution < 1.29 is 18.7 Å². The second-order valence-electron chi connectivity index (χ2n) is 2.52. The highest BCUT2D eigenvalue weighted by atomic mass is 19.3. The van der Waals surface area contributed by atoms with Crippen LogP contribution in [0.2, 0.25) is 0 Å². The highest BCUT2D eigenvalue weighted by Gasteiger charge is 2.28. The van der Waals surface area contributed by atoms with E-state index in [4.69, 9.17) is 10.8 Å². The Morgan fingerprint density at radius 2 is 2.25 bits per heavy atom. The molecule has 0 saturated heterocycles. The Kier molecular flexibility index (Phi) is 4.05. The zero-order valence-electron chi connectivity index (χ0n) is 6.68. The lowest BCUT2D eigenvalue weighted by molar-refractivity contribution is -0.124. The number of nitrogens with two attached hydrogens (primary N) is 1. The van der Waals surface area contributed by atoms with Crippen molar-refractivity contribution in [3.8, 4) is 0 Å². The van der Waals surface area contributed by atoms with E-state index in [1.807, 2.05) is 5.32 Å². The van der Waals surface area contributed by atoms with Crippen LogP contribution in [-0.2, 0) is 4.79 Å². The smallest absolute Gasteiger partial charge is 0.287 e. The summed E-state index contributed by atoms with van der Waals surface area (Å²) in [5.41, 5.74) is 5.09. The second kappa shape index (κ2) is 4.32. The van der Waals surface area contributed by atoms with E-state index in [2.05, 4.69) is 0 Å². The minimum atomic E-state index is -3.27. The third-order valence-corrected chi connectivity index (χ3v) is 1.17. The molecule has 6 heteroatoms. The number of carbonyl (C=O) groups is 1. The summed E-state index contributed by atoms with van der Waals surface area (Å²) in [7, 11) is 0. The van der Waals surface area contributed by atoms with Crippen LogP contribution in [0.4, 0.5) is 8.78 Å². The molecular weight excluding hydrogens is 170 g/mol. The maximum absolute atomic E-state index is 12.3. The van der Waals surface area contributed by atoms with Gasteiger partial charge in [-0.1, -0.05) is 0 Å². The summed E-state index contributed by atoms with van der Waals surface area (Å²) in [6, 6.07) is -0.820. The number of hydrogen-bond acceptors (Lipinski definition) is 3. The van der Waals surface area contributed by atoms with Crippen molar-refractivity contribution in [1.29, 1.82) is 0 Å². The lowest BCUT2D eigenvalue weighted by atomic mass is 10.3. The first kappa shape index (κ1) is 11.2. The summed E-state index contributed by atoms with van der Waals surface area (Å²) in [5.74, 6) is -3.94. The molecule has 0 aromatic rings. The molecule has 1 atom stereocenters. The fourth-order valence-electron chi connectivity index (χ4n) is 0.433. The van der Waals surface area contributed by atoms with Crippen LogP contribution >= 0.6 is 0 Å². The molecule has 0 aromatic heterocycles.